The summed E-state index contributed by atoms with van der Waals surface area (Å²) < 4.78 is 9.15. The van der Waals surface area contributed by atoms with Crippen molar-refractivity contribution in [2.45, 2.75) is 20.4 Å². The Hall–Kier alpha value is -3.68. The number of hydrogen-bond donors (Lipinski definition) is 1. The number of nitrogens with one attached hydrogen (secondary N) is 1. The van der Waals surface area contributed by atoms with Gasteiger partial charge in [0, 0.05) is 60.8 Å². The lowest BCUT2D eigenvalue weighted by molar-refractivity contribution is 0.0950. The molecule has 3 aromatic heterocycles. The van der Waals surface area contributed by atoms with E-state index < -0.39 is 0 Å². The smallest absolute Gasteiger partial charge is 0.255 e. The zero-order valence-electron chi connectivity index (χ0n) is 17.7. The van der Waals surface area contributed by atoms with Gasteiger partial charge < -0.3 is 14.6 Å². The van der Waals surface area contributed by atoms with Crippen molar-refractivity contribution in [1.29, 1.82) is 0 Å². The monoisotopic (exact) mass is 404 g/mol. The van der Waals surface area contributed by atoms with E-state index >= 15 is 0 Å². The summed E-state index contributed by atoms with van der Waals surface area (Å²) in [6.45, 7) is 4.03. The number of nitrogens with zero attached hydrogens (tertiary/aromatic N) is 5. The zero-order chi connectivity index (χ0) is 21.4. The quantitative estimate of drug-likeness (QED) is 0.553. The zero-order valence-corrected chi connectivity index (χ0v) is 17.7. The number of carbonyl (C=O) groups is 1. The predicted molar refractivity (Wildman–Crippen MR) is 114 cm³/mol. The Labute approximate surface area is 174 Å². The fraction of sp³-hybridized carbons (Fsp3) is 0.273. The summed E-state index contributed by atoms with van der Waals surface area (Å²) in [5, 5.41) is 8.14. The molecule has 0 spiro atoms. The average Bonchev–Trinajstić information content (AvgIpc) is 3.25. The van der Waals surface area contributed by atoms with Crippen molar-refractivity contribution in [3.05, 3.63) is 59.4 Å². The maximum atomic E-state index is 12.6. The lowest BCUT2D eigenvalue weighted by atomic mass is 10.1. The third-order valence-corrected chi connectivity index (χ3v) is 5.36. The third kappa shape index (κ3) is 3.41. The van der Waals surface area contributed by atoms with Gasteiger partial charge in [0.05, 0.1) is 24.6 Å². The Bertz CT molecular complexity index is 1250. The molecule has 1 amide bonds. The molecule has 0 radical (unpaired) electrons. The van der Waals surface area contributed by atoms with E-state index in [1.54, 1.807) is 24.2 Å². The highest BCUT2D eigenvalue weighted by atomic mass is 16.5. The SMILES string of the molecule is COc1ccc2c(c1)c(-c1nc(C)ncc1CNC(=O)c1cnn(C)c1C)cn2C. The van der Waals surface area contributed by atoms with Gasteiger partial charge in [-0.25, -0.2) is 9.97 Å². The second-order valence-electron chi connectivity index (χ2n) is 7.28. The second kappa shape index (κ2) is 7.62. The van der Waals surface area contributed by atoms with Crippen LogP contribution in [0.25, 0.3) is 22.2 Å². The first kappa shape index (κ1) is 19.6. The minimum absolute atomic E-state index is 0.174. The van der Waals surface area contributed by atoms with Gasteiger partial charge in [-0.2, -0.15) is 5.10 Å². The second-order valence-corrected chi connectivity index (χ2v) is 7.28. The van der Waals surface area contributed by atoms with Crippen LogP contribution in [0.1, 0.15) is 27.4 Å². The summed E-state index contributed by atoms with van der Waals surface area (Å²) in [6.07, 6.45) is 5.39. The van der Waals surface area contributed by atoms with Crippen LogP contribution in [-0.4, -0.2) is 37.3 Å². The van der Waals surface area contributed by atoms with Gasteiger partial charge >= 0.3 is 0 Å². The molecule has 8 heteroatoms. The van der Waals surface area contributed by atoms with E-state index in [0.29, 0.717) is 17.9 Å². The molecule has 30 heavy (non-hydrogen) atoms. The molecule has 8 nitrogen and oxygen atoms in total. The molecule has 4 rings (SSSR count). The number of benzene rings is 1. The third-order valence-electron chi connectivity index (χ3n) is 5.36. The van der Waals surface area contributed by atoms with Gasteiger partial charge in [0.15, 0.2) is 0 Å². The molecule has 1 N–H and O–H groups in total. The molecule has 0 bridgehead atoms. The number of hydrogen-bond acceptors (Lipinski definition) is 5. The van der Waals surface area contributed by atoms with E-state index in [1.807, 2.05) is 52.3 Å². The fourth-order valence-corrected chi connectivity index (χ4v) is 3.54. The van der Waals surface area contributed by atoms with Crippen LogP contribution in [0.4, 0.5) is 0 Å². The fourth-order valence-electron chi connectivity index (χ4n) is 3.54. The normalized spacial score (nSPS) is 11.1. The number of methoxy groups -OCH3 is 1. The van der Waals surface area contributed by atoms with Crippen LogP contribution >= 0.6 is 0 Å². The molecule has 3 heterocycles. The van der Waals surface area contributed by atoms with E-state index in [-0.39, 0.29) is 5.91 Å². The largest absolute Gasteiger partial charge is 0.497 e. The Morgan fingerprint density at radius 1 is 1.20 bits per heavy atom. The first-order chi connectivity index (χ1) is 14.4. The van der Waals surface area contributed by atoms with Gasteiger partial charge in [0.25, 0.3) is 5.91 Å². The first-order valence-corrected chi connectivity index (χ1v) is 9.61. The van der Waals surface area contributed by atoms with Gasteiger partial charge in [-0.3, -0.25) is 9.48 Å². The minimum atomic E-state index is -0.174. The molecule has 154 valence electrons. The lowest BCUT2D eigenvalue weighted by Crippen LogP contribution is -2.24. The Balaban J connectivity index is 1.72. The van der Waals surface area contributed by atoms with Gasteiger partial charge in [-0.1, -0.05) is 0 Å². The molecule has 0 aliphatic heterocycles. The standard InChI is InChI=1S/C22H24N6O2/c1-13-18(11-25-28(13)4)22(29)24-10-15-9-23-14(2)26-21(15)19-12-27(3)20-7-6-16(30-5)8-17(19)20/h6-9,11-12H,10H2,1-5H3,(H,24,29). The van der Waals surface area contributed by atoms with E-state index in [4.69, 9.17) is 9.72 Å². The number of amides is 1. The van der Waals surface area contributed by atoms with E-state index in [9.17, 15) is 4.79 Å². The molecule has 0 unspecified atom stereocenters. The first-order valence-electron chi connectivity index (χ1n) is 9.61. The topological polar surface area (TPSA) is 86.9 Å². The maximum Gasteiger partial charge on any atom is 0.255 e. The average molecular weight is 404 g/mol. The van der Waals surface area contributed by atoms with Crippen LogP contribution < -0.4 is 10.1 Å². The number of aryl methyl sites for hydroxylation is 3. The number of fused-ring (bicyclic) bond motifs is 1. The van der Waals surface area contributed by atoms with Crippen LogP contribution in [0.3, 0.4) is 0 Å². The number of ether oxygens (including phenoxy) is 1. The summed E-state index contributed by atoms with van der Waals surface area (Å²) in [6, 6.07) is 5.97. The van der Waals surface area contributed by atoms with Crippen LogP contribution in [0.5, 0.6) is 5.75 Å². The van der Waals surface area contributed by atoms with Crippen LogP contribution in [0.2, 0.25) is 0 Å². The summed E-state index contributed by atoms with van der Waals surface area (Å²) in [5.41, 5.74) is 5.05. The maximum absolute atomic E-state index is 12.6. The highest BCUT2D eigenvalue weighted by Crippen LogP contribution is 2.33. The Kier molecular flexibility index (Phi) is 4.99. The van der Waals surface area contributed by atoms with Crippen LogP contribution in [0, 0.1) is 13.8 Å². The molecule has 0 saturated heterocycles. The molecular formula is C22H24N6O2. The number of aromatic nitrogens is 5. The Morgan fingerprint density at radius 3 is 2.70 bits per heavy atom. The molecule has 0 atom stereocenters. The van der Waals surface area contributed by atoms with E-state index in [0.717, 1.165) is 39.2 Å². The summed E-state index contributed by atoms with van der Waals surface area (Å²) in [4.78, 5) is 21.7. The van der Waals surface area contributed by atoms with Gasteiger partial charge in [0.1, 0.15) is 11.6 Å². The van der Waals surface area contributed by atoms with Crippen molar-refractivity contribution in [2.24, 2.45) is 14.1 Å². The van der Waals surface area contributed by atoms with Crippen molar-refractivity contribution in [3.8, 4) is 17.0 Å². The number of rotatable bonds is 5. The predicted octanol–water partition coefficient (Wildman–Crippen LogP) is 2.92. The molecule has 0 fully saturated rings. The summed E-state index contributed by atoms with van der Waals surface area (Å²) in [7, 11) is 5.46. The highest BCUT2D eigenvalue weighted by Gasteiger charge is 2.17. The van der Waals surface area contributed by atoms with Crippen molar-refractivity contribution in [2.75, 3.05) is 7.11 Å². The van der Waals surface area contributed by atoms with Crippen molar-refractivity contribution < 1.29 is 9.53 Å². The van der Waals surface area contributed by atoms with Gasteiger partial charge in [-0.05, 0) is 32.0 Å². The molecule has 0 aliphatic rings. The van der Waals surface area contributed by atoms with E-state index in [1.165, 1.54) is 0 Å². The molecule has 0 aliphatic carbocycles. The van der Waals surface area contributed by atoms with Gasteiger partial charge in [0.2, 0.25) is 0 Å². The molecule has 0 saturated carbocycles. The van der Waals surface area contributed by atoms with Crippen molar-refractivity contribution in [3.63, 3.8) is 0 Å². The number of carbonyl (C=O) groups excluding carboxylic acids is 1. The van der Waals surface area contributed by atoms with Crippen LogP contribution in [-0.2, 0) is 20.6 Å². The summed E-state index contributed by atoms with van der Waals surface area (Å²) in [5.74, 6) is 1.28. The van der Waals surface area contributed by atoms with Crippen molar-refractivity contribution >= 4 is 16.8 Å². The lowest BCUT2D eigenvalue weighted by Gasteiger charge is -2.10. The summed E-state index contributed by atoms with van der Waals surface area (Å²) >= 11 is 0. The van der Waals surface area contributed by atoms with Crippen molar-refractivity contribution in [1.82, 2.24) is 29.6 Å². The van der Waals surface area contributed by atoms with Crippen LogP contribution in [0.15, 0.2) is 36.8 Å². The highest BCUT2D eigenvalue weighted by molar-refractivity contribution is 5.97. The minimum Gasteiger partial charge on any atom is -0.497 e. The molecule has 4 aromatic rings. The van der Waals surface area contributed by atoms with Gasteiger partial charge in [-0.15, -0.1) is 0 Å². The molecule has 1 aromatic carbocycles. The molecular weight excluding hydrogens is 380 g/mol. The Morgan fingerprint density at radius 2 is 2.00 bits per heavy atom. The van der Waals surface area contributed by atoms with E-state index in [2.05, 4.69) is 20.0 Å².